The molecule has 3 aromatic carbocycles. The van der Waals surface area contributed by atoms with Crippen LogP contribution in [0.3, 0.4) is 0 Å². The van der Waals surface area contributed by atoms with Crippen LogP contribution in [-0.4, -0.2) is 11.8 Å². The molecular weight excluding hydrogens is 360 g/mol. The summed E-state index contributed by atoms with van der Waals surface area (Å²) in [5, 5.41) is 10.0. The molecule has 4 rings (SSSR count). The lowest BCUT2D eigenvalue weighted by molar-refractivity contribution is 0.0734. The molecule has 1 aromatic heterocycles. The van der Waals surface area contributed by atoms with E-state index in [4.69, 9.17) is 15.9 Å². The topological polar surface area (TPSA) is 93.2 Å². The zero-order chi connectivity index (χ0) is 19.0. The Kier molecular flexibility index (Phi) is 4.18. The average Bonchev–Trinajstić information content (AvgIpc) is 2.66. The highest BCUT2D eigenvalue weighted by Crippen LogP contribution is 2.23. The van der Waals surface area contributed by atoms with E-state index in [1.807, 2.05) is 24.3 Å². The van der Waals surface area contributed by atoms with Gasteiger partial charge in [0.05, 0.1) is 0 Å². The second-order valence-electron chi connectivity index (χ2n) is 6.01. The lowest BCUT2D eigenvalue weighted by Gasteiger charge is -2.07. The van der Waals surface area contributed by atoms with Gasteiger partial charge >= 0.3 is 5.97 Å². The molecule has 0 radical (unpaired) electrons. The van der Waals surface area contributed by atoms with Gasteiger partial charge in [-0.1, -0.05) is 47.7 Å². The Hall–Kier alpha value is -3.51. The Bertz CT molecular complexity index is 1280. The van der Waals surface area contributed by atoms with E-state index in [2.05, 4.69) is 0 Å². The number of ether oxygens (including phenoxy) is 1. The number of nitrogens with two attached hydrogens (primary N) is 1. The summed E-state index contributed by atoms with van der Waals surface area (Å²) in [6.07, 6.45) is 0. The van der Waals surface area contributed by atoms with Crippen molar-refractivity contribution in [3.63, 3.8) is 0 Å². The maximum absolute atomic E-state index is 12.5. The van der Waals surface area contributed by atoms with Crippen LogP contribution in [-0.2, 0) is 0 Å². The summed E-state index contributed by atoms with van der Waals surface area (Å²) < 4.78 is 5.91. The number of carbonyl (C=O) groups is 1. The molecule has 6 heteroatoms. The standard InChI is InChI=1S/C21H14N2O3S/c22-19(23)15-6-5-13-10-16(8-7-12(13)9-15)26-20(24)17-11-14-3-1-2-4-18(14)27-21(17)25/h1-11H,(H3,22,23). The van der Waals surface area contributed by atoms with E-state index in [-0.39, 0.29) is 16.1 Å². The average molecular weight is 374 g/mol. The summed E-state index contributed by atoms with van der Waals surface area (Å²) in [6.45, 7) is 0. The minimum atomic E-state index is -0.679. The molecule has 0 aliphatic rings. The van der Waals surface area contributed by atoms with E-state index in [9.17, 15) is 9.59 Å². The number of fused-ring (bicyclic) bond motifs is 2. The van der Waals surface area contributed by atoms with Gasteiger partial charge in [0.2, 0.25) is 4.74 Å². The first-order valence-electron chi connectivity index (χ1n) is 8.14. The van der Waals surface area contributed by atoms with Gasteiger partial charge in [-0.15, -0.1) is 0 Å². The van der Waals surface area contributed by atoms with Crippen LogP contribution in [0.1, 0.15) is 15.9 Å². The molecule has 0 aliphatic heterocycles. The second-order valence-corrected chi connectivity index (χ2v) is 7.03. The van der Waals surface area contributed by atoms with Crippen molar-refractivity contribution in [1.29, 1.82) is 5.41 Å². The van der Waals surface area contributed by atoms with Gasteiger partial charge in [-0.25, -0.2) is 4.79 Å². The van der Waals surface area contributed by atoms with Crippen molar-refractivity contribution in [2.24, 2.45) is 5.73 Å². The highest BCUT2D eigenvalue weighted by Gasteiger charge is 2.15. The maximum Gasteiger partial charge on any atom is 0.348 e. The molecule has 0 atom stereocenters. The fraction of sp³-hybridized carbons (Fsp3) is 0. The Labute approximate surface area is 158 Å². The first-order valence-corrected chi connectivity index (χ1v) is 8.96. The van der Waals surface area contributed by atoms with E-state index in [1.54, 1.807) is 42.5 Å². The van der Waals surface area contributed by atoms with Crippen LogP contribution in [0.25, 0.3) is 20.9 Å². The summed E-state index contributed by atoms with van der Waals surface area (Å²) >= 11 is 1.03. The lowest BCUT2D eigenvalue weighted by atomic mass is 10.1. The molecule has 0 saturated carbocycles. The van der Waals surface area contributed by atoms with Crippen molar-refractivity contribution in [2.75, 3.05) is 0 Å². The van der Waals surface area contributed by atoms with E-state index in [0.29, 0.717) is 11.3 Å². The predicted molar refractivity (Wildman–Crippen MR) is 108 cm³/mol. The van der Waals surface area contributed by atoms with Gasteiger partial charge in [0.25, 0.3) is 0 Å². The molecule has 0 fully saturated rings. The van der Waals surface area contributed by atoms with Crippen molar-refractivity contribution in [3.05, 3.63) is 87.4 Å². The highest BCUT2D eigenvalue weighted by molar-refractivity contribution is 7.16. The van der Waals surface area contributed by atoms with Gasteiger partial charge in [-0.05, 0) is 46.5 Å². The van der Waals surface area contributed by atoms with Crippen LogP contribution < -0.4 is 15.2 Å². The first-order chi connectivity index (χ1) is 13.0. The van der Waals surface area contributed by atoms with Crippen molar-refractivity contribution < 1.29 is 9.53 Å². The largest absolute Gasteiger partial charge is 0.423 e. The van der Waals surface area contributed by atoms with Crippen LogP contribution >= 0.6 is 11.3 Å². The van der Waals surface area contributed by atoms with Gasteiger partial charge in [0, 0.05) is 10.3 Å². The Morgan fingerprint density at radius 2 is 1.67 bits per heavy atom. The summed E-state index contributed by atoms with van der Waals surface area (Å²) in [4.78, 5) is 24.8. The van der Waals surface area contributed by atoms with Gasteiger partial charge < -0.3 is 10.5 Å². The fourth-order valence-electron chi connectivity index (χ4n) is 2.82. The van der Waals surface area contributed by atoms with E-state index in [0.717, 1.165) is 32.2 Å². The van der Waals surface area contributed by atoms with Crippen molar-refractivity contribution in [2.45, 2.75) is 0 Å². The molecule has 3 N–H and O–H groups in total. The van der Waals surface area contributed by atoms with Crippen molar-refractivity contribution >= 4 is 44.0 Å². The number of esters is 1. The van der Waals surface area contributed by atoms with Gasteiger partial charge in [0.1, 0.15) is 17.1 Å². The van der Waals surface area contributed by atoms with E-state index < -0.39 is 5.97 Å². The number of nitrogens with one attached hydrogen (secondary N) is 1. The molecule has 0 spiro atoms. The molecule has 0 aliphatic carbocycles. The van der Waals surface area contributed by atoms with Crippen molar-refractivity contribution in [1.82, 2.24) is 0 Å². The van der Waals surface area contributed by atoms with Crippen LogP contribution in [0.4, 0.5) is 0 Å². The zero-order valence-electron chi connectivity index (χ0n) is 14.1. The summed E-state index contributed by atoms with van der Waals surface area (Å²) in [5.41, 5.74) is 6.15. The third-order valence-corrected chi connectivity index (χ3v) is 5.19. The summed E-state index contributed by atoms with van der Waals surface area (Å²) in [5.74, 6) is -0.338. The number of nitrogen functional groups attached to an aromatic ring is 1. The van der Waals surface area contributed by atoms with Gasteiger partial charge in [-0.2, -0.15) is 0 Å². The number of benzene rings is 3. The lowest BCUT2D eigenvalue weighted by Crippen LogP contribution is -2.17. The predicted octanol–water partition coefficient (Wildman–Crippen LogP) is 3.92. The Morgan fingerprint density at radius 1 is 0.926 bits per heavy atom. The monoisotopic (exact) mass is 374 g/mol. The molecule has 0 bridgehead atoms. The molecule has 5 nitrogen and oxygen atoms in total. The molecule has 0 unspecified atom stereocenters. The minimum absolute atomic E-state index is 0.00654. The molecule has 132 valence electrons. The summed E-state index contributed by atoms with van der Waals surface area (Å²) in [6, 6.07) is 19.4. The minimum Gasteiger partial charge on any atom is -0.423 e. The molecule has 0 saturated heterocycles. The molecule has 27 heavy (non-hydrogen) atoms. The Balaban J connectivity index is 1.66. The zero-order valence-corrected chi connectivity index (χ0v) is 14.9. The van der Waals surface area contributed by atoms with Gasteiger partial charge in [-0.3, -0.25) is 10.2 Å². The van der Waals surface area contributed by atoms with E-state index >= 15 is 0 Å². The smallest absolute Gasteiger partial charge is 0.348 e. The molecular formula is C21H14N2O3S. The number of hydrogen-bond donors (Lipinski definition) is 2. The number of rotatable bonds is 3. The quantitative estimate of drug-likeness (QED) is 0.246. The maximum atomic E-state index is 12.5. The number of amidine groups is 1. The number of carbonyl (C=O) groups excluding carboxylic acids is 1. The molecule has 0 amide bonds. The molecule has 4 aromatic rings. The van der Waals surface area contributed by atoms with Crippen LogP contribution in [0.5, 0.6) is 5.75 Å². The SMILES string of the molecule is N=C(N)c1ccc2cc(OC(=O)c3cc4ccccc4sc3=O)ccc2c1. The third kappa shape index (κ3) is 3.30. The van der Waals surface area contributed by atoms with Crippen LogP contribution in [0.2, 0.25) is 0 Å². The third-order valence-electron chi connectivity index (χ3n) is 4.19. The first kappa shape index (κ1) is 16.9. The van der Waals surface area contributed by atoms with Crippen LogP contribution in [0, 0.1) is 5.41 Å². The van der Waals surface area contributed by atoms with Crippen molar-refractivity contribution in [3.8, 4) is 5.75 Å². The van der Waals surface area contributed by atoms with Crippen LogP contribution in [0.15, 0.2) is 71.5 Å². The highest BCUT2D eigenvalue weighted by atomic mass is 32.1. The fourth-order valence-corrected chi connectivity index (χ4v) is 3.66. The Morgan fingerprint density at radius 3 is 2.48 bits per heavy atom. The normalized spacial score (nSPS) is 10.8. The number of hydrogen-bond acceptors (Lipinski definition) is 5. The summed E-state index contributed by atoms with van der Waals surface area (Å²) in [7, 11) is 0. The molecule has 1 heterocycles. The second kappa shape index (κ2) is 6.66. The van der Waals surface area contributed by atoms with E-state index in [1.165, 1.54) is 0 Å². The van der Waals surface area contributed by atoms with Gasteiger partial charge in [0.15, 0.2) is 0 Å².